The van der Waals surface area contributed by atoms with Crippen LogP contribution in [0, 0.1) is 5.82 Å². The van der Waals surface area contributed by atoms with Gasteiger partial charge in [0.1, 0.15) is 11.4 Å². The van der Waals surface area contributed by atoms with Gasteiger partial charge in [-0.05, 0) is 37.1 Å². The van der Waals surface area contributed by atoms with E-state index < -0.39 is 17.4 Å². The highest BCUT2D eigenvalue weighted by Gasteiger charge is 2.47. The maximum absolute atomic E-state index is 13.2. The first-order chi connectivity index (χ1) is 8.88. The number of amides is 3. The molecule has 1 atom stereocenters. The van der Waals surface area contributed by atoms with Gasteiger partial charge in [-0.2, -0.15) is 0 Å². The number of urea groups is 1. The van der Waals surface area contributed by atoms with Crippen molar-refractivity contribution in [1.29, 1.82) is 0 Å². The average molecular weight is 285 g/mol. The van der Waals surface area contributed by atoms with E-state index in [0.29, 0.717) is 17.0 Å². The molecule has 1 aromatic rings. The molecule has 4 nitrogen and oxygen atoms in total. The van der Waals surface area contributed by atoms with Crippen molar-refractivity contribution in [2.75, 3.05) is 0 Å². The number of imide groups is 1. The van der Waals surface area contributed by atoms with Crippen LogP contribution in [-0.2, 0) is 11.3 Å². The third-order valence-electron chi connectivity index (χ3n) is 3.58. The van der Waals surface area contributed by atoms with Crippen LogP contribution in [0.5, 0.6) is 0 Å². The molecular weight excluding hydrogens is 271 g/mol. The average Bonchev–Trinajstić information content (AvgIpc) is 2.58. The predicted octanol–water partition coefficient (Wildman–Crippen LogP) is 2.70. The fraction of sp³-hybridized carbons (Fsp3) is 0.385. The van der Waals surface area contributed by atoms with Crippen molar-refractivity contribution in [1.82, 2.24) is 10.2 Å². The third kappa shape index (κ3) is 2.30. The SMILES string of the molecule is CCC1(C)C(=O)NC(=O)N1Cc1cc(F)ccc1Cl. The number of hydrogen-bond donors (Lipinski definition) is 1. The van der Waals surface area contributed by atoms with Gasteiger partial charge in [-0.1, -0.05) is 18.5 Å². The first-order valence-electron chi connectivity index (χ1n) is 5.95. The Kier molecular flexibility index (Phi) is 3.49. The standard InChI is InChI=1S/C13H14ClFN2O2/c1-3-13(2)11(18)16-12(19)17(13)7-8-6-9(15)4-5-10(8)14/h4-6H,3,7H2,1-2H3,(H,16,18,19). The highest BCUT2D eigenvalue weighted by molar-refractivity contribution is 6.31. The number of carbonyl (C=O) groups is 2. The van der Waals surface area contributed by atoms with E-state index in [1.165, 1.54) is 23.1 Å². The monoisotopic (exact) mass is 284 g/mol. The van der Waals surface area contributed by atoms with Gasteiger partial charge in [-0.25, -0.2) is 9.18 Å². The molecule has 1 heterocycles. The molecule has 19 heavy (non-hydrogen) atoms. The Hall–Kier alpha value is -1.62. The molecule has 0 spiro atoms. The lowest BCUT2D eigenvalue weighted by molar-refractivity contribution is -0.126. The summed E-state index contributed by atoms with van der Waals surface area (Å²) in [7, 11) is 0. The molecule has 1 aromatic carbocycles. The van der Waals surface area contributed by atoms with Crippen molar-refractivity contribution in [3.05, 3.63) is 34.6 Å². The number of hydrogen-bond acceptors (Lipinski definition) is 2. The van der Waals surface area contributed by atoms with E-state index in [9.17, 15) is 14.0 Å². The molecule has 0 aliphatic carbocycles. The highest BCUT2D eigenvalue weighted by atomic mass is 35.5. The third-order valence-corrected chi connectivity index (χ3v) is 3.94. The molecule has 102 valence electrons. The molecule has 2 rings (SSSR count). The summed E-state index contributed by atoms with van der Waals surface area (Å²) in [6.45, 7) is 3.59. The summed E-state index contributed by atoms with van der Waals surface area (Å²) in [5, 5.41) is 2.64. The van der Waals surface area contributed by atoms with Crippen molar-refractivity contribution in [3.63, 3.8) is 0 Å². The summed E-state index contributed by atoms with van der Waals surface area (Å²) >= 11 is 5.99. The molecule has 1 fully saturated rings. The van der Waals surface area contributed by atoms with Gasteiger partial charge in [0, 0.05) is 5.02 Å². The summed E-state index contributed by atoms with van der Waals surface area (Å²) < 4.78 is 13.2. The van der Waals surface area contributed by atoms with Crippen molar-refractivity contribution in [2.45, 2.75) is 32.4 Å². The van der Waals surface area contributed by atoms with Gasteiger partial charge in [-0.15, -0.1) is 0 Å². The molecule has 0 aromatic heterocycles. The predicted molar refractivity (Wildman–Crippen MR) is 69.2 cm³/mol. The summed E-state index contributed by atoms with van der Waals surface area (Å²) in [6, 6.07) is 3.48. The van der Waals surface area contributed by atoms with Crippen LogP contribution in [0.2, 0.25) is 5.02 Å². The molecule has 1 unspecified atom stereocenters. The van der Waals surface area contributed by atoms with E-state index in [4.69, 9.17) is 11.6 Å². The number of rotatable bonds is 3. The topological polar surface area (TPSA) is 49.4 Å². The number of benzene rings is 1. The Labute approximate surface area is 115 Å². The van der Waals surface area contributed by atoms with Crippen LogP contribution in [-0.4, -0.2) is 22.4 Å². The normalized spacial score (nSPS) is 22.8. The second-order valence-electron chi connectivity index (χ2n) is 4.71. The fourth-order valence-corrected chi connectivity index (χ4v) is 2.26. The lowest BCUT2D eigenvalue weighted by Gasteiger charge is -2.31. The molecule has 1 N–H and O–H groups in total. The second-order valence-corrected chi connectivity index (χ2v) is 5.12. The fourth-order valence-electron chi connectivity index (χ4n) is 2.08. The Morgan fingerprint density at radius 2 is 2.11 bits per heavy atom. The van der Waals surface area contributed by atoms with E-state index in [1.807, 2.05) is 6.92 Å². The van der Waals surface area contributed by atoms with Gasteiger partial charge in [0.05, 0.1) is 6.54 Å². The Bertz CT molecular complexity index is 549. The summed E-state index contributed by atoms with van der Waals surface area (Å²) in [4.78, 5) is 25.0. The number of halogens is 2. The molecule has 0 bridgehead atoms. The molecule has 1 saturated heterocycles. The van der Waals surface area contributed by atoms with Crippen molar-refractivity contribution >= 4 is 23.5 Å². The zero-order chi connectivity index (χ0) is 14.2. The van der Waals surface area contributed by atoms with Crippen LogP contribution in [0.25, 0.3) is 0 Å². The maximum Gasteiger partial charge on any atom is 0.325 e. The summed E-state index contributed by atoms with van der Waals surface area (Å²) in [6.07, 6.45) is 0.470. The first kappa shape index (κ1) is 13.8. The minimum atomic E-state index is -0.924. The molecule has 0 saturated carbocycles. The van der Waals surface area contributed by atoms with Gasteiger partial charge in [-0.3, -0.25) is 10.1 Å². The summed E-state index contributed by atoms with van der Waals surface area (Å²) in [5.74, 6) is -0.768. The van der Waals surface area contributed by atoms with Crippen molar-refractivity contribution < 1.29 is 14.0 Å². The molecule has 0 radical (unpaired) electrons. The second kappa shape index (κ2) is 4.81. The van der Waals surface area contributed by atoms with Gasteiger partial charge in [0.2, 0.25) is 0 Å². The highest BCUT2D eigenvalue weighted by Crippen LogP contribution is 2.29. The Balaban J connectivity index is 2.34. The minimum absolute atomic E-state index is 0.0957. The molecule has 6 heteroatoms. The zero-order valence-corrected chi connectivity index (χ0v) is 11.4. The summed E-state index contributed by atoms with van der Waals surface area (Å²) in [5.41, 5.74) is -0.446. The number of nitrogens with zero attached hydrogens (tertiary/aromatic N) is 1. The van der Waals surface area contributed by atoms with Gasteiger partial charge >= 0.3 is 6.03 Å². The van der Waals surface area contributed by atoms with Crippen LogP contribution >= 0.6 is 11.6 Å². The van der Waals surface area contributed by atoms with E-state index in [1.54, 1.807) is 6.92 Å². The Morgan fingerprint density at radius 1 is 1.42 bits per heavy atom. The van der Waals surface area contributed by atoms with Gasteiger partial charge in [0.25, 0.3) is 5.91 Å². The zero-order valence-electron chi connectivity index (χ0n) is 10.7. The van der Waals surface area contributed by atoms with Crippen LogP contribution in [0.1, 0.15) is 25.8 Å². The lowest BCUT2D eigenvalue weighted by atomic mass is 9.97. The molecule has 1 aliphatic rings. The minimum Gasteiger partial charge on any atom is -0.306 e. The number of nitrogens with one attached hydrogen (secondary N) is 1. The van der Waals surface area contributed by atoms with E-state index in [2.05, 4.69) is 5.32 Å². The van der Waals surface area contributed by atoms with Crippen LogP contribution in [0.15, 0.2) is 18.2 Å². The molecule has 1 aliphatic heterocycles. The lowest BCUT2D eigenvalue weighted by Crippen LogP contribution is -2.46. The van der Waals surface area contributed by atoms with E-state index >= 15 is 0 Å². The van der Waals surface area contributed by atoms with Crippen molar-refractivity contribution in [2.24, 2.45) is 0 Å². The quantitative estimate of drug-likeness (QED) is 0.868. The van der Waals surface area contributed by atoms with Gasteiger partial charge < -0.3 is 4.90 Å². The molecule has 3 amide bonds. The Morgan fingerprint density at radius 3 is 2.74 bits per heavy atom. The number of carbonyl (C=O) groups excluding carboxylic acids is 2. The maximum atomic E-state index is 13.2. The van der Waals surface area contributed by atoms with E-state index in [0.717, 1.165) is 0 Å². The van der Waals surface area contributed by atoms with Crippen molar-refractivity contribution in [3.8, 4) is 0 Å². The van der Waals surface area contributed by atoms with Gasteiger partial charge in [0.15, 0.2) is 0 Å². The largest absolute Gasteiger partial charge is 0.325 e. The van der Waals surface area contributed by atoms with Crippen LogP contribution in [0.3, 0.4) is 0 Å². The smallest absolute Gasteiger partial charge is 0.306 e. The van der Waals surface area contributed by atoms with E-state index in [-0.39, 0.29) is 12.5 Å². The first-order valence-corrected chi connectivity index (χ1v) is 6.33. The van der Waals surface area contributed by atoms with Crippen LogP contribution < -0.4 is 5.32 Å². The molecular formula is C13H14ClFN2O2. The van der Waals surface area contributed by atoms with Crippen LogP contribution in [0.4, 0.5) is 9.18 Å².